The predicted molar refractivity (Wildman–Crippen MR) is 51.2 cm³/mol. The van der Waals surface area contributed by atoms with Gasteiger partial charge >= 0.3 is 5.97 Å². The molecular formula is C9H12N2O4. The zero-order chi connectivity index (χ0) is 10.8. The maximum atomic E-state index is 10.9. The topological polar surface area (TPSA) is 75.8 Å². The van der Waals surface area contributed by atoms with Gasteiger partial charge in [-0.05, 0) is 0 Å². The van der Waals surface area contributed by atoms with Crippen LogP contribution in [-0.2, 0) is 4.74 Å². The van der Waals surface area contributed by atoms with Crippen molar-refractivity contribution in [2.24, 2.45) is 0 Å². The molecule has 0 amide bonds. The van der Waals surface area contributed by atoms with E-state index in [1.54, 1.807) is 6.92 Å². The van der Waals surface area contributed by atoms with Gasteiger partial charge in [-0.25, -0.2) is 9.78 Å². The van der Waals surface area contributed by atoms with Crippen LogP contribution < -0.4 is 4.90 Å². The van der Waals surface area contributed by atoms with Crippen LogP contribution in [-0.4, -0.2) is 42.4 Å². The number of oxazole rings is 1. The van der Waals surface area contributed by atoms with Crippen LogP contribution in [0.3, 0.4) is 0 Å². The minimum atomic E-state index is -1.06. The first kappa shape index (κ1) is 9.97. The van der Waals surface area contributed by atoms with Gasteiger partial charge in [-0.2, -0.15) is 0 Å². The quantitative estimate of drug-likeness (QED) is 0.770. The van der Waals surface area contributed by atoms with Crippen molar-refractivity contribution >= 4 is 11.9 Å². The molecule has 0 aromatic carbocycles. The Morgan fingerprint density at radius 2 is 2.13 bits per heavy atom. The molecular weight excluding hydrogens is 200 g/mol. The van der Waals surface area contributed by atoms with Crippen molar-refractivity contribution in [1.82, 2.24) is 4.98 Å². The van der Waals surface area contributed by atoms with E-state index in [0.29, 0.717) is 38.1 Å². The molecule has 0 atom stereocenters. The van der Waals surface area contributed by atoms with E-state index in [2.05, 4.69) is 4.98 Å². The van der Waals surface area contributed by atoms with Crippen LogP contribution in [0.2, 0.25) is 0 Å². The molecule has 0 saturated carbocycles. The number of aromatic nitrogens is 1. The lowest BCUT2D eigenvalue weighted by atomic mass is 10.3. The standard InChI is InChI=1S/C9H12N2O4/c1-6-10-7(9(12)13)8(15-6)11-2-4-14-5-3-11/h2-5H2,1H3,(H,12,13). The van der Waals surface area contributed by atoms with Crippen molar-refractivity contribution in [3.8, 4) is 0 Å². The number of carboxylic acids is 1. The molecule has 1 aromatic rings. The molecule has 82 valence electrons. The zero-order valence-electron chi connectivity index (χ0n) is 8.39. The van der Waals surface area contributed by atoms with Crippen LogP contribution in [0.4, 0.5) is 5.88 Å². The number of aromatic carboxylic acids is 1. The van der Waals surface area contributed by atoms with Gasteiger partial charge in [0.25, 0.3) is 0 Å². The van der Waals surface area contributed by atoms with Gasteiger partial charge in [0.05, 0.1) is 13.2 Å². The third-order valence-electron chi connectivity index (χ3n) is 2.22. The molecule has 6 nitrogen and oxygen atoms in total. The molecule has 0 aliphatic carbocycles. The number of hydrogen-bond acceptors (Lipinski definition) is 5. The molecule has 1 fully saturated rings. The summed E-state index contributed by atoms with van der Waals surface area (Å²) in [6.45, 7) is 4.07. The molecule has 2 heterocycles. The Morgan fingerprint density at radius 1 is 1.47 bits per heavy atom. The van der Waals surface area contributed by atoms with E-state index in [9.17, 15) is 4.79 Å². The van der Waals surface area contributed by atoms with E-state index in [1.165, 1.54) is 0 Å². The molecule has 2 rings (SSSR count). The third kappa shape index (κ3) is 1.94. The Balaban J connectivity index is 2.28. The summed E-state index contributed by atoms with van der Waals surface area (Å²) >= 11 is 0. The third-order valence-corrected chi connectivity index (χ3v) is 2.22. The van der Waals surface area contributed by atoms with Crippen molar-refractivity contribution in [3.63, 3.8) is 0 Å². The number of nitrogens with zero attached hydrogens (tertiary/aromatic N) is 2. The Kier molecular flexibility index (Phi) is 2.59. The van der Waals surface area contributed by atoms with Crippen LogP contribution in [0.15, 0.2) is 4.42 Å². The van der Waals surface area contributed by atoms with Crippen LogP contribution in [0.25, 0.3) is 0 Å². The molecule has 0 spiro atoms. The van der Waals surface area contributed by atoms with Gasteiger partial charge in [-0.3, -0.25) is 0 Å². The summed E-state index contributed by atoms with van der Waals surface area (Å²) in [4.78, 5) is 16.6. The molecule has 1 aliphatic rings. The van der Waals surface area contributed by atoms with Crippen LogP contribution in [0.5, 0.6) is 0 Å². The predicted octanol–water partition coefficient (Wildman–Crippen LogP) is 0.518. The first-order valence-corrected chi connectivity index (χ1v) is 4.72. The number of carboxylic acid groups (broad SMARTS) is 1. The van der Waals surface area contributed by atoms with E-state index < -0.39 is 5.97 Å². The minimum Gasteiger partial charge on any atom is -0.476 e. The molecule has 1 saturated heterocycles. The van der Waals surface area contributed by atoms with Gasteiger partial charge in [0.1, 0.15) is 0 Å². The zero-order valence-corrected chi connectivity index (χ0v) is 8.39. The lowest BCUT2D eigenvalue weighted by Gasteiger charge is -2.26. The smallest absolute Gasteiger partial charge is 0.360 e. The minimum absolute atomic E-state index is 0.0191. The molecule has 0 bridgehead atoms. The summed E-state index contributed by atoms with van der Waals surface area (Å²) < 4.78 is 10.5. The van der Waals surface area contributed by atoms with Crippen molar-refractivity contribution in [2.75, 3.05) is 31.2 Å². The number of ether oxygens (including phenoxy) is 1. The van der Waals surface area contributed by atoms with E-state index in [0.717, 1.165) is 0 Å². The van der Waals surface area contributed by atoms with Gasteiger partial charge in [0.15, 0.2) is 5.89 Å². The van der Waals surface area contributed by atoms with Crippen molar-refractivity contribution in [3.05, 3.63) is 11.6 Å². The highest BCUT2D eigenvalue weighted by molar-refractivity contribution is 5.90. The molecule has 1 aliphatic heterocycles. The van der Waals surface area contributed by atoms with Gasteiger partial charge in [-0.1, -0.05) is 0 Å². The fourth-order valence-corrected chi connectivity index (χ4v) is 1.54. The lowest BCUT2D eigenvalue weighted by molar-refractivity contribution is 0.0689. The van der Waals surface area contributed by atoms with Crippen molar-refractivity contribution < 1.29 is 19.1 Å². The fourth-order valence-electron chi connectivity index (χ4n) is 1.54. The molecule has 15 heavy (non-hydrogen) atoms. The fraction of sp³-hybridized carbons (Fsp3) is 0.556. The van der Waals surface area contributed by atoms with E-state index in [1.807, 2.05) is 4.90 Å². The second-order valence-corrected chi connectivity index (χ2v) is 3.29. The molecule has 0 radical (unpaired) electrons. The average molecular weight is 212 g/mol. The van der Waals surface area contributed by atoms with Crippen LogP contribution in [0.1, 0.15) is 16.4 Å². The Hall–Kier alpha value is -1.56. The Morgan fingerprint density at radius 3 is 2.73 bits per heavy atom. The number of morpholine rings is 1. The monoisotopic (exact) mass is 212 g/mol. The highest BCUT2D eigenvalue weighted by atomic mass is 16.5. The normalized spacial score (nSPS) is 16.7. The summed E-state index contributed by atoms with van der Waals surface area (Å²) in [7, 11) is 0. The van der Waals surface area contributed by atoms with Gasteiger partial charge < -0.3 is 19.2 Å². The number of rotatable bonds is 2. The second-order valence-electron chi connectivity index (χ2n) is 3.29. The average Bonchev–Trinajstić information content (AvgIpc) is 2.62. The van der Waals surface area contributed by atoms with Crippen LogP contribution >= 0.6 is 0 Å². The summed E-state index contributed by atoms with van der Waals surface area (Å²) in [6.07, 6.45) is 0. The Labute approximate surface area is 86.5 Å². The summed E-state index contributed by atoms with van der Waals surface area (Å²) in [6, 6.07) is 0. The number of carbonyl (C=O) groups is 1. The highest BCUT2D eigenvalue weighted by Crippen LogP contribution is 2.22. The number of aryl methyl sites for hydroxylation is 1. The van der Waals surface area contributed by atoms with Crippen LogP contribution in [0, 0.1) is 6.92 Å². The maximum absolute atomic E-state index is 10.9. The van der Waals surface area contributed by atoms with E-state index in [-0.39, 0.29) is 5.69 Å². The van der Waals surface area contributed by atoms with Gasteiger partial charge in [0, 0.05) is 20.0 Å². The molecule has 1 N–H and O–H groups in total. The van der Waals surface area contributed by atoms with Gasteiger partial charge in [0.2, 0.25) is 11.6 Å². The second kappa shape index (κ2) is 3.90. The molecule has 0 unspecified atom stereocenters. The van der Waals surface area contributed by atoms with Gasteiger partial charge in [-0.15, -0.1) is 0 Å². The SMILES string of the molecule is Cc1nc(C(=O)O)c(N2CCOCC2)o1. The number of anilines is 1. The first-order valence-electron chi connectivity index (χ1n) is 4.72. The lowest BCUT2D eigenvalue weighted by Crippen LogP contribution is -2.36. The largest absolute Gasteiger partial charge is 0.476 e. The summed E-state index contributed by atoms with van der Waals surface area (Å²) in [5.74, 6) is -0.356. The van der Waals surface area contributed by atoms with E-state index >= 15 is 0 Å². The number of hydrogen-bond donors (Lipinski definition) is 1. The molecule has 6 heteroatoms. The Bertz CT molecular complexity index is 368. The maximum Gasteiger partial charge on any atom is 0.360 e. The summed E-state index contributed by atoms with van der Waals surface area (Å²) in [5.41, 5.74) is -0.0191. The van der Waals surface area contributed by atoms with E-state index in [4.69, 9.17) is 14.3 Å². The molecule has 1 aromatic heterocycles. The van der Waals surface area contributed by atoms with Crippen molar-refractivity contribution in [1.29, 1.82) is 0 Å². The summed E-state index contributed by atoms with van der Waals surface area (Å²) in [5, 5.41) is 8.93. The van der Waals surface area contributed by atoms with Crippen molar-refractivity contribution in [2.45, 2.75) is 6.92 Å². The highest BCUT2D eigenvalue weighted by Gasteiger charge is 2.24. The first-order chi connectivity index (χ1) is 7.18.